The van der Waals surface area contributed by atoms with Gasteiger partial charge in [0, 0.05) is 33.4 Å². The largest absolute Gasteiger partial charge is 0.491 e. The van der Waals surface area contributed by atoms with Gasteiger partial charge in [0.1, 0.15) is 74.1 Å². The predicted octanol–water partition coefficient (Wildman–Crippen LogP) is 19.8. The van der Waals surface area contributed by atoms with Gasteiger partial charge < -0.3 is 38.6 Å². The second kappa shape index (κ2) is 25.7. The predicted molar refractivity (Wildman–Crippen MR) is 376 cm³/mol. The summed E-state index contributed by atoms with van der Waals surface area (Å²) in [6.07, 6.45) is 0. The van der Waals surface area contributed by atoms with E-state index >= 15 is 0 Å². The van der Waals surface area contributed by atoms with E-state index in [0.717, 1.165) is 131 Å². The number of hydrogen-bond acceptors (Lipinski definition) is 8. The molecule has 0 atom stereocenters. The molecule has 0 aromatic heterocycles. The van der Waals surface area contributed by atoms with Crippen molar-refractivity contribution >= 4 is 75.4 Å². The molecule has 0 spiro atoms. The highest BCUT2D eigenvalue weighted by atomic mass is 16.5. The van der Waals surface area contributed by atoms with Crippen LogP contribution < -0.4 is 28.4 Å². The monoisotopic (exact) mass is 1200 g/mol. The standard InChI is InChI=1S/C84H64O8/c85-43-45-87-74-39-35-58-18-7-11-25-68(58)79(74)81-70-27-13-9-20-60(70)37-41-76(81)89-47-49-91-83-72(65-32-29-55-15-1-4-22-62(55)51-65)54-73(66-33-30-56-16-2-5-23-63(56)52-66)84(78(83)67-34-31-57-17-3-6-24-64(57)53-67)92-50-48-90-77-42-38-61-21-10-14-28-71(61)82(77)80-69-26-12-8-19-59(69)36-40-75(80)88-46-44-86/h1-42,51-54,85-86H,43-50H2. The summed E-state index contributed by atoms with van der Waals surface area (Å²) in [5.74, 6) is 3.91. The molecule has 0 fully saturated rings. The van der Waals surface area contributed by atoms with E-state index in [1.165, 1.54) is 0 Å². The highest BCUT2D eigenvalue weighted by Crippen LogP contribution is 2.53. The Balaban J connectivity index is 0.879. The maximum absolute atomic E-state index is 10.0. The molecule has 0 radical (unpaired) electrons. The molecule has 0 heterocycles. The lowest BCUT2D eigenvalue weighted by molar-refractivity contribution is 0.202. The van der Waals surface area contributed by atoms with Gasteiger partial charge in [-0.1, -0.05) is 231 Å². The van der Waals surface area contributed by atoms with E-state index in [1.54, 1.807) is 0 Å². The third-order valence-electron chi connectivity index (χ3n) is 17.3. The van der Waals surface area contributed by atoms with Gasteiger partial charge in [-0.3, -0.25) is 0 Å². The molecule has 0 aliphatic carbocycles. The minimum atomic E-state index is -0.127. The fourth-order valence-corrected chi connectivity index (χ4v) is 13.1. The highest BCUT2D eigenvalue weighted by Gasteiger charge is 2.27. The SMILES string of the molecule is OCCOc1ccc2ccccc2c1-c1c(OCCOc2c(-c3ccc4ccccc4c3)cc(-c3ccc4ccccc4c3)c(OCCOc3ccc4ccccc4c3-c3c(OCCO)ccc4ccccc34)c2-c2ccc3ccccc3c2)ccc2ccccc12. The van der Waals surface area contributed by atoms with Crippen LogP contribution in [0.1, 0.15) is 0 Å². The van der Waals surface area contributed by atoms with Crippen molar-refractivity contribution < 1.29 is 38.6 Å². The Hall–Kier alpha value is -11.2. The first-order valence-corrected chi connectivity index (χ1v) is 31.3. The quantitative estimate of drug-likeness (QED) is 0.0687. The Bertz CT molecular complexity index is 4960. The van der Waals surface area contributed by atoms with Crippen LogP contribution in [0.4, 0.5) is 0 Å². The van der Waals surface area contributed by atoms with E-state index in [1.807, 2.05) is 72.8 Å². The average molecular weight is 1200 g/mol. The van der Waals surface area contributed by atoms with Gasteiger partial charge in [0.05, 0.1) is 18.8 Å². The minimum Gasteiger partial charge on any atom is -0.491 e. The molecule has 0 bridgehead atoms. The zero-order chi connectivity index (χ0) is 61.7. The summed E-state index contributed by atoms with van der Waals surface area (Å²) < 4.78 is 41.7. The maximum atomic E-state index is 10.0. The van der Waals surface area contributed by atoms with Gasteiger partial charge in [-0.05, 0) is 141 Å². The first-order chi connectivity index (χ1) is 45.6. The van der Waals surface area contributed by atoms with Crippen LogP contribution in [0.15, 0.2) is 279 Å². The molecule has 448 valence electrons. The van der Waals surface area contributed by atoms with Crippen molar-refractivity contribution in [3.8, 4) is 90.1 Å². The number of rotatable bonds is 21. The first kappa shape index (κ1) is 57.3. The summed E-state index contributed by atoms with van der Waals surface area (Å²) in [7, 11) is 0. The summed E-state index contributed by atoms with van der Waals surface area (Å²) in [6.45, 7) is 0.664. The summed E-state index contributed by atoms with van der Waals surface area (Å²) in [5.41, 5.74) is 8.96. The van der Waals surface area contributed by atoms with Crippen molar-refractivity contribution in [1.29, 1.82) is 0 Å². The fraction of sp³-hybridized carbons (Fsp3) is 0.0952. The molecule has 15 aromatic rings. The molecule has 2 N–H and O–H groups in total. The molecular formula is C84H64O8. The Morgan fingerprint density at radius 1 is 0.207 bits per heavy atom. The number of hydrogen-bond donors (Lipinski definition) is 2. The van der Waals surface area contributed by atoms with Crippen molar-refractivity contribution in [2.75, 3.05) is 52.9 Å². The molecule has 0 aliphatic heterocycles. The summed E-state index contributed by atoms with van der Waals surface area (Å²) >= 11 is 0. The van der Waals surface area contributed by atoms with Crippen molar-refractivity contribution in [2.24, 2.45) is 0 Å². The van der Waals surface area contributed by atoms with Gasteiger partial charge >= 0.3 is 0 Å². The van der Waals surface area contributed by atoms with E-state index in [4.69, 9.17) is 28.4 Å². The molecule has 0 saturated heterocycles. The van der Waals surface area contributed by atoms with E-state index < -0.39 is 0 Å². The van der Waals surface area contributed by atoms with Crippen molar-refractivity contribution in [1.82, 2.24) is 0 Å². The van der Waals surface area contributed by atoms with Crippen LogP contribution in [0, 0.1) is 0 Å². The lowest BCUT2D eigenvalue weighted by atomic mass is 9.88. The molecule has 15 rings (SSSR count). The van der Waals surface area contributed by atoms with Gasteiger partial charge in [-0.15, -0.1) is 0 Å². The zero-order valence-electron chi connectivity index (χ0n) is 50.6. The number of ether oxygens (including phenoxy) is 6. The Morgan fingerprint density at radius 3 is 0.804 bits per heavy atom. The second-order valence-corrected chi connectivity index (χ2v) is 22.9. The van der Waals surface area contributed by atoms with Crippen LogP contribution in [-0.2, 0) is 0 Å². The van der Waals surface area contributed by atoms with Gasteiger partial charge in [0.15, 0.2) is 0 Å². The molecule has 8 nitrogen and oxygen atoms in total. The lowest BCUT2D eigenvalue weighted by Gasteiger charge is -2.25. The minimum absolute atomic E-state index is 0.127. The van der Waals surface area contributed by atoms with E-state index in [-0.39, 0.29) is 52.9 Å². The van der Waals surface area contributed by atoms with E-state index in [2.05, 4.69) is 206 Å². The second-order valence-electron chi connectivity index (χ2n) is 22.9. The number of aliphatic hydroxyl groups excluding tert-OH is 2. The molecule has 15 aromatic carbocycles. The van der Waals surface area contributed by atoms with Crippen molar-refractivity contribution in [2.45, 2.75) is 0 Å². The molecule has 0 aliphatic rings. The third kappa shape index (κ3) is 11.2. The van der Waals surface area contributed by atoms with Gasteiger partial charge in [0.2, 0.25) is 0 Å². The smallest absolute Gasteiger partial charge is 0.138 e. The van der Waals surface area contributed by atoms with Crippen LogP contribution in [0.5, 0.6) is 34.5 Å². The Labute approximate surface area is 533 Å². The summed E-state index contributed by atoms with van der Waals surface area (Å²) in [5, 5.41) is 34.9. The molecule has 0 unspecified atom stereocenters. The number of aliphatic hydroxyl groups is 2. The fourth-order valence-electron chi connectivity index (χ4n) is 13.1. The summed E-state index contributed by atoms with van der Waals surface area (Å²) in [6, 6.07) is 96.9. The van der Waals surface area contributed by atoms with Gasteiger partial charge in [-0.2, -0.15) is 0 Å². The van der Waals surface area contributed by atoms with E-state index in [0.29, 0.717) is 34.5 Å². The third-order valence-corrected chi connectivity index (χ3v) is 17.3. The van der Waals surface area contributed by atoms with Crippen LogP contribution in [0.2, 0.25) is 0 Å². The molecule has 0 saturated carbocycles. The summed E-state index contributed by atoms with van der Waals surface area (Å²) in [4.78, 5) is 0. The van der Waals surface area contributed by atoms with Crippen LogP contribution >= 0.6 is 0 Å². The topological polar surface area (TPSA) is 95.8 Å². The number of fused-ring (bicyclic) bond motifs is 7. The van der Waals surface area contributed by atoms with Crippen LogP contribution in [0.25, 0.3) is 131 Å². The van der Waals surface area contributed by atoms with Gasteiger partial charge in [0.25, 0.3) is 0 Å². The van der Waals surface area contributed by atoms with Crippen molar-refractivity contribution in [3.05, 3.63) is 279 Å². The van der Waals surface area contributed by atoms with Gasteiger partial charge in [-0.25, -0.2) is 0 Å². The maximum Gasteiger partial charge on any atom is 0.138 e. The molecule has 8 heteroatoms. The molecule has 92 heavy (non-hydrogen) atoms. The Kier molecular flexibility index (Phi) is 16.0. The van der Waals surface area contributed by atoms with E-state index in [9.17, 15) is 10.2 Å². The number of benzene rings is 15. The molecular weight excluding hydrogens is 1140 g/mol. The lowest BCUT2D eigenvalue weighted by Crippen LogP contribution is -2.13. The van der Waals surface area contributed by atoms with Crippen molar-refractivity contribution in [3.63, 3.8) is 0 Å². The first-order valence-electron chi connectivity index (χ1n) is 31.3. The molecule has 0 amide bonds. The average Bonchev–Trinajstić information content (AvgIpc) is 0.774. The zero-order valence-corrected chi connectivity index (χ0v) is 50.6. The van der Waals surface area contributed by atoms with Crippen LogP contribution in [-0.4, -0.2) is 63.1 Å². The Morgan fingerprint density at radius 2 is 0.467 bits per heavy atom. The normalized spacial score (nSPS) is 11.5. The van der Waals surface area contributed by atoms with Crippen LogP contribution in [0.3, 0.4) is 0 Å². The highest BCUT2D eigenvalue weighted by molar-refractivity contribution is 6.11.